The summed E-state index contributed by atoms with van der Waals surface area (Å²) in [4.78, 5) is 33.2. The maximum Gasteiger partial charge on any atom is 0.186 e. The van der Waals surface area contributed by atoms with E-state index in [1.165, 1.54) is 31.7 Å². The Morgan fingerprint density at radius 1 is 0.943 bits per heavy atom. The third kappa shape index (κ3) is 5.28. The van der Waals surface area contributed by atoms with Crippen LogP contribution in [0, 0.1) is 3.57 Å². The molecule has 0 unspecified atom stereocenters. The van der Waals surface area contributed by atoms with Crippen LogP contribution in [0.3, 0.4) is 0 Å². The Morgan fingerprint density at radius 3 is 2.51 bits per heavy atom. The number of methoxy groups -OCH3 is 3. The third-order valence-corrected chi connectivity index (χ3v) is 6.40. The number of carbonyl (C=O) groups is 2. The average Bonchev–Trinajstić information content (AvgIpc) is 2.86. The summed E-state index contributed by atoms with van der Waals surface area (Å²) < 4.78 is 22.5. The predicted octanol–water partition coefficient (Wildman–Crippen LogP) is 4.11. The minimum absolute atomic E-state index is 0.245. The van der Waals surface area contributed by atoms with Crippen molar-refractivity contribution in [2.75, 3.05) is 39.9 Å². The number of benzene rings is 2. The first-order valence-corrected chi connectivity index (χ1v) is 11.6. The number of nitrogens with zero attached hydrogens (tertiary/aromatic N) is 2. The molecule has 0 amide bonds. The number of nitrogens with one attached hydrogen (secondary N) is 1. The second kappa shape index (κ2) is 10.8. The summed E-state index contributed by atoms with van der Waals surface area (Å²) in [5.74, 6) is 1.61. The quantitative estimate of drug-likeness (QED) is 0.225. The molecule has 0 atom stereocenters. The number of allylic oxidation sites excluding steroid dienone is 4. The minimum atomic E-state index is -0.250. The molecule has 1 heterocycles. The van der Waals surface area contributed by atoms with Gasteiger partial charge in [0.15, 0.2) is 23.1 Å². The van der Waals surface area contributed by atoms with E-state index in [0.29, 0.717) is 64.0 Å². The molecule has 2 aromatic carbocycles. The van der Waals surface area contributed by atoms with Crippen LogP contribution in [0.2, 0.25) is 0 Å². The predicted molar refractivity (Wildman–Crippen MR) is 140 cm³/mol. The van der Waals surface area contributed by atoms with E-state index in [0.717, 1.165) is 3.57 Å². The number of fused-ring (bicyclic) bond motifs is 1. The second-order valence-corrected chi connectivity index (χ2v) is 8.48. The monoisotopic (exact) mass is 587 g/mol. The van der Waals surface area contributed by atoms with Crippen molar-refractivity contribution in [2.24, 2.45) is 0 Å². The lowest BCUT2D eigenvalue weighted by Gasteiger charge is -2.17. The van der Waals surface area contributed by atoms with Crippen molar-refractivity contribution in [2.45, 2.75) is 0 Å². The molecule has 10 heteroatoms. The molecule has 0 bridgehead atoms. The zero-order valence-corrected chi connectivity index (χ0v) is 21.4. The van der Waals surface area contributed by atoms with Crippen LogP contribution in [0.15, 0.2) is 48.8 Å². The summed E-state index contributed by atoms with van der Waals surface area (Å²) in [6.45, 7) is 0.806. The van der Waals surface area contributed by atoms with Crippen molar-refractivity contribution >= 4 is 62.1 Å². The van der Waals surface area contributed by atoms with Gasteiger partial charge in [-0.2, -0.15) is 0 Å². The van der Waals surface area contributed by atoms with E-state index in [4.69, 9.17) is 18.9 Å². The van der Waals surface area contributed by atoms with Gasteiger partial charge in [0, 0.05) is 39.3 Å². The molecule has 0 fully saturated rings. The summed E-state index contributed by atoms with van der Waals surface area (Å²) in [5.41, 5.74) is 2.18. The van der Waals surface area contributed by atoms with Crippen LogP contribution in [-0.4, -0.2) is 56.1 Å². The first-order valence-electron chi connectivity index (χ1n) is 10.5. The minimum Gasteiger partial charge on any atom is -0.497 e. The summed E-state index contributed by atoms with van der Waals surface area (Å²) >= 11 is 2.14. The zero-order valence-electron chi connectivity index (χ0n) is 19.3. The highest BCUT2D eigenvalue weighted by atomic mass is 127. The van der Waals surface area contributed by atoms with Gasteiger partial charge in [-0.1, -0.05) is 0 Å². The van der Waals surface area contributed by atoms with Gasteiger partial charge in [-0.15, -0.1) is 0 Å². The molecule has 1 aliphatic rings. The fourth-order valence-electron chi connectivity index (χ4n) is 3.52. The van der Waals surface area contributed by atoms with E-state index >= 15 is 0 Å². The van der Waals surface area contributed by atoms with Gasteiger partial charge in [0.1, 0.15) is 24.5 Å². The first kappa shape index (κ1) is 24.6. The van der Waals surface area contributed by atoms with Crippen molar-refractivity contribution in [3.8, 4) is 17.2 Å². The maximum absolute atomic E-state index is 12.5. The van der Waals surface area contributed by atoms with Crippen LogP contribution in [-0.2, 0) is 14.3 Å². The third-order valence-electron chi connectivity index (χ3n) is 5.24. The van der Waals surface area contributed by atoms with E-state index in [2.05, 4.69) is 37.9 Å². The van der Waals surface area contributed by atoms with E-state index < -0.39 is 0 Å². The second-order valence-electron chi connectivity index (χ2n) is 7.40. The van der Waals surface area contributed by atoms with Crippen molar-refractivity contribution in [3.63, 3.8) is 0 Å². The highest BCUT2D eigenvalue weighted by Crippen LogP contribution is 2.38. The summed E-state index contributed by atoms with van der Waals surface area (Å²) in [6, 6.07) is 7.10. The standard InChI is InChI=1S/C25H22IN3O6/c1-32-6-7-35-23-12-19-18(11-22(23)34-3)25(28-13-27-19)29-20-10-15(33-2)9-17(24(20)26)16-8-14(30)4-5-21(16)31/h4-5,8-13H,6-7H2,1-3H3,(H,27,28,29). The molecule has 1 aromatic heterocycles. The SMILES string of the molecule is COCCOc1cc2ncnc(Nc3cc(OC)cc(C4=CC(=O)C=CC4=O)c3I)c2cc1OC. The fourth-order valence-corrected chi connectivity index (χ4v) is 4.26. The average molecular weight is 587 g/mol. The Morgan fingerprint density at radius 2 is 1.77 bits per heavy atom. The van der Waals surface area contributed by atoms with E-state index in [-0.39, 0.29) is 11.6 Å². The Kier molecular flexibility index (Phi) is 7.61. The number of hydrogen-bond donors (Lipinski definition) is 1. The number of ether oxygens (including phenoxy) is 4. The first-order chi connectivity index (χ1) is 16.9. The molecule has 0 saturated heterocycles. The van der Waals surface area contributed by atoms with Gasteiger partial charge in [0.05, 0.1) is 32.0 Å². The van der Waals surface area contributed by atoms with Gasteiger partial charge in [-0.3, -0.25) is 9.59 Å². The van der Waals surface area contributed by atoms with E-state index in [1.54, 1.807) is 38.5 Å². The summed E-state index contributed by atoms with van der Waals surface area (Å²) in [5, 5.41) is 4.03. The van der Waals surface area contributed by atoms with E-state index in [9.17, 15) is 9.59 Å². The number of carbonyl (C=O) groups excluding carboxylic acids is 2. The molecule has 0 aliphatic heterocycles. The van der Waals surface area contributed by atoms with Crippen LogP contribution in [0.5, 0.6) is 17.2 Å². The normalized spacial score (nSPS) is 13.1. The van der Waals surface area contributed by atoms with Crippen molar-refractivity contribution < 1.29 is 28.5 Å². The van der Waals surface area contributed by atoms with Gasteiger partial charge >= 0.3 is 0 Å². The Balaban J connectivity index is 1.77. The number of hydrogen-bond acceptors (Lipinski definition) is 9. The molecule has 1 aliphatic carbocycles. The molecule has 0 saturated carbocycles. The smallest absolute Gasteiger partial charge is 0.186 e. The van der Waals surface area contributed by atoms with Crippen LogP contribution in [0.1, 0.15) is 5.56 Å². The lowest BCUT2D eigenvalue weighted by Crippen LogP contribution is -2.09. The number of halogens is 1. The van der Waals surface area contributed by atoms with Crippen molar-refractivity contribution in [1.82, 2.24) is 9.97 Å². The molecule has 0 radical (unpaired) electrons. The number of ketones is 2. The largest absolute Gasteiger partial charge is 0.497 e. The maximum atomic E-state index is 12.5. The van der Waals surface area contributed by atoms with Crippen LogP contribution in [0.4, 0.5) is 11.5 Å². The van der Waals surface area contributed by atoms with Gasteiger partial charge in [-0.05, 0) is 53.0 Å². The molecule has 180 valence electrons. The molecule has 0 spiro atoms. The van der Waals surface area contributed by atoms with Crippen LogP contribution < -0.4 is 19.5 Å². The van der Waals surface area contributed by atoms with Gasteiger partial charge in [-0.25, -0.2) is 9.97 Å². The van der Waals surface area contributed by atoms with Crippen LogP contribution in [0.25, 0.3) is 16.5 Å². The van der Waals surface area contributed by atoms with Crippen LogP contribution >= 0.6 is 22.6 Å². The van der Waals surface area contributed by atoms with E-state index in [1.807, 2.05) is 0 Å². The van der Waals surface area contributed by atoms with Gasteiger partial charge in [0.2, 0.25) is 0 Å². The van der Waals surface area contributed by atoms with Crippen molar-refractivity contribution in [1.29, 1.82) is 0 Å². The van der Waals surface area contributed by atoms with Crippen molar-refractivity contribution in [3.05, 3.63) is 58.0 Å². The molecule has 9 nitrogen and oxygen atoms in total. The molecular weight excluding hydrogens is 565 g/mol. The van der Waals surface area contributed by atoms with Gasteiger partial charge in [0.25, 0.3) is 0 Å². The lowest BCUT2D eigenvalue weighted by molar-refractivity contribution is -0.113. The Hall–Kier alpha value is -3.51. The zero-order chi connectivity index (χ0) is 24.9. The highest BCUT2D eigenvalue weighted by molar-refractivity contribution is 14.1. The molecule has 3 aromatic rings. The molecule has 4 rings (SSSR count). The molecule has 35 heavy (non-hydrogen) atoms. The Labute approximate surface area is 215 Å². The Bertz CT molecular complexity index is 1370. The molecular formula is C25H22IN3O6. The summed E-state index contributed by atoms with van der Waals surface area (Å²) in [7, 11) is 4.70. The lowest BCUT2D eigenvalue weighted by atomic mass is 9.95. The number of aromatic nitrogens is 2. The topological polar surface area (TPSA) is 109 Å². The van der Waals surface area contributed by atoms with Gasteiger partial charge < -0.3 is 24.3 Å². The summed E-state index contributed by atoms with van der Waals surface area (Å²) in [6.07, 6.45) is 5.31. The molecule has 1 N–H and O–H groups in total. The number of rotatable bonds is 9. The fraction of sp³-hybridized carbons (Fsp3) is 0.200. The highest BCUT2D eigenvalue weighted by Gasteiger charge is 2.21. The number of anilines is 2.